The van der Waals surface area contributed by atoms with Crippen LogP contribution in [0.2, 0.25) is 0 Å². The molecule has 28 heavy (non-hydrogen) atoms. The number of unbranched alkanes of at least 4 members (excludes halogenated alkanes) is 9. The standard InChI is InChI=1S/C23H33NO3S/c1-2-3-4-5-6-7-8-9-10-12-16-21-17-15-18-22(28(25,26)27)23(21)24-19-13-11-14-20-24/h11,13-15,17-20H,2-10,12,16H2,1H3. The zero-order valence-corrected chi connectivity index (χ0v) is 17.8. The van der Waals surface area contributed by atoms with Crippen LogP contribution in [0.3, 0.4) is 0 Å². The molecule has 1 aromatic carbocycles. The number of nitrogens with zero attached hydrogens (tertiary/aromatic N) is 1. The molecule has 2 rings (SSSR count). The summed E-state index contributed by atoms with van der Waals surface area (Å²) in [5.74, 6) is 0. The van der Waals surface area contributed by atoms with Gasteiger partial charge in [-0.15, -0.1) is 0 Å². The average molecular weight is 404 g/mol. The van der Waals surface area contributed by atoms with Crippen LogP contribution in [0, 0.1) is 0 Å². The molecule has 1 aromatic heterocycles. The fourth-order valence-electron chi connectivity index (χ4n) is 3.61. The first-order chi connectivity index (χ1) is 13.5. The predicted octanol–water partition coefficient (Wildman–Crippen LogP) is 5.33. The van der Waals surface area contributed by atoms with E-state index in [0.717, 1.165) is 24.8 Å². The van der Waals surface area contributed by atoms with Crippen LogP contribution in [0.25, 0.3) is 5.69 Å². The van der Waals surface area contributed by atoms with Gasteiger partial charge in [-0.2, -0.15) is 4.57 Å². The van der Waals surface area contributed by atoms with Crippen LogP contribution in [0.4, 0.5) is 0 Å². The van der Waals surface area contributed by atoms with E-state index < -0.39 is 10.1 Å². The number of benzene rings is 1. The third-order valence-corrected chi connectivity index (χ3v) is 5.99. The van der Waals surface area contributed by atoms with Gasteiger partial charge in [0.15, 0.2) is 12.4 Å². The SMILES string of the molecule is CCCCCCCCCCCCc1cccc(S(=O)(=O)[O-])c1-[n+]1ccccc1. The molecule has 5 heteroatoms. The molecule has 0 aliphatic carbocycles. The van der Waals surface area contributed by atoms with Crippen molar-refractivity contribution < 1.29 is 17.5 Å². The summed E-state index contributed by atoms with van der Waals surface area (Å²) in [6, 6.07) is 10.5. The first-order valence-corrected chi connectivity index (χ1v) is 12.0. The highest BCUT2D eigenvalue weighted by atomic mass is 32.2. The Bertz CT molecular complexity index is 804. The van der Waals surface area contributed by atoms with Gasteiger partial charge in [-0.1, -0.05) is 82.9 Å². The molecule has 0 saturated carbocycles. The quantitative estimate of drug-likeness (QED) is 0.258. The molecule has 0 atom stereocenters. The van der Waals surface area contributed by atoms with E-state index in [2.05, 4.69) is 6.92 Å². The van der Waals surface area contributed by atoms with E-state index in [1.54, 1.807) is 23.0 Å². The summed E-state index contributed by atoms with van der Waals surface area (Å²) in [4.78, 5) is -0.145. The predicted molar refractivity (Wildman–Crippen MR) is 111 cm³/mol. The first-order valence-electron chi connectivity index (χ1n) is 10.6. The van der Waals surface area contributed by atoms with Gasteiger partial charge in [0, 0.05) is 17.7 Å². The van der Waals surface area contributed by atoms with E-state index in [4.69, 9.17) is 0 Å². The molecule has 0 amide bonds. The minimum absolute atomic E-state index is 0.145. The summed E-state index contributed by atoms with van der Waals surface area (Å²) in [7, 11) is -4.53. The van der Waals surface area contributed by atoms with Crippen molar-refractivity contribution in [1.29, 1.82) is 0 Å². The Morgan fingerprint density at radius 1 is 0.786 bits per heavy atom. The van der Waals surface area contributed by atoms with Crippen molar-refractivity contribution in [2.24, 2.45) is 0 Å². The molecule has 0 N–H and O–H groups in total. The van der Waals surface area contributed by atoms with Gasteiger partial charge in [0.05, 0.1) is 0 Å². The maximum absolute atomic E-state index is 11.8. The Balaban J connectivity index is 1.92. The maximum atomic E-state index is 11.8. The van der Waals surface area contributed by atoms with E-state index in [9.17, 15) is 13.0 Å². The van der Waals surface area contributed by atoms with Gasteiger partial charge >= 0.3 is 0 Å². The molecule has 0 unspecified atom stereocenters. The van der Waals surface area contributed by atoms with Crippen LogP contribution in [-0.4, -0.2) is 13.0 Å². The number of aryl methyl sites for hydroxylation is 1. The Morgan fingerprint density at radius 3 is 1.93 bits per heavy atom. The fraction of sp³-hybridized carbons (Fsp3) is 0.522. The molecule has 0 radical (unpaired) electrons. The van der Waals surface area contributed by atoms with Gasteiger partial charge in [-0.25, -0.2) is 8.42 Å². The largest absolute Gasteiger partial charge is 0.744 e. The Labute approximate surface area is 170 Å². The molecule has 0 aliphatic rings. The van der Waals surface area contributed by atoms with Crippen molar-refractivity contribution in [3.05, 3.63) is 54.4 Å². The highest BCUT2D eigenvalue weighted by Gasteiger charge is 2.21. The Kier molecular flexibility index (Phi) is 9.65. The van der Waals surface area contributed by atoms with Crippen LogP contribution >= 0.6 is 0 Å². The number of rotatable bonds is 13. The number of pyridine rings is 1. The topological polar surface area (TPSA) is 61.1 Å². The molecule has 1 heterocycles. The highest BCUT2D eigenvalue weighted by molar-refractivity contribution is 7.85. The lowest BCUT2D eigenvalue weighted by Crippen LogP contribution is -2.33. The van der Waals surface area contributed by atoms with Crippen molar-refractivity contribution in [2.45, 2.75) is 82.4 Å². The fourth-order valence-corrected chi connectivity index (χ4v) is 4.33. The number of aromatic nitrogens is 1. The van der Waals surface area contributed by atoms with E-state index in [0.29, 0.717) is 5.69 Å². The van der Waals surface area contributed by atoms with Crippen molar-refractivity contribution in [2.75, 3.05) is 0 Å². The van der Waals surface area contributed by atoms with Crippen molar-refractivity contribution in [1.82, 2.24) is 0 Å². The van der Waals surface area contributed by atoms with Crippen LogP contribution in [0.1, 0.15) is 76.7 Å². The summed E-state index contributed by atoms with van der Waals surface area (Å²) in [6.07, 6.45) is 16.9. The van der Waals surface area contributed by atoms with Crippen LogP contribution < -0.4 is 4.57 Å². The van der Waals surface area contributed by atoms with Gasteiger partial charge in [0.1, 0.15) is 15.0 Å². The van der Waals surface area contributed by atoms with Gasteiger partial charge in [-0.05, 0) is 18.9 Å². The lowest BCUT2D eigenvalue weighted by molar-refractivity contribution is -0.598. The highest BCUT2D eigenvalue weighted by Crippen LogP contribution is 2.22. The smallest absolute Gasteiger partial charge is 0.231 e. The summed E-state index contributed by atoms with van der Waals surface area (Å²) < 4.78 is 37.0. The minimum Gasteiger partial charge on any atom is -0.744 e. The van der Waals surface area contributed by atoms with Crippen LogP contribution in [-0.2, 0) is 16.5 Å². The summed E-state index contributed by atoms with van der Waals surface area (Å²) in [6.45, 7) is 2.24. The molecule has 4 nitrogen and oxygen atoms in total. The second kappa shape index (κ2) is 12.0. The molecule has 2 aromatic rings. The minimum atomic E-state index is -4.53. The van der Waals surface area contributed by atoms with Crippen molar-refractivity contribution in [3.8, 4) is 5.69 Å². The van der Waals surface area contributed by atoms with Crippen molar-refractivity contribution >= 4 is 10.1 Å². The monoisotopic (exact) mass is 403 g/mol. The maximum Gasteiger partial charge on any atom is 0.231 e. The first kappa shape index (κ1) is 22.6. The Hall–Kier alpha value is -1.72. The molecule has 0 spiro atoms. The second-order valence-electron chi connectivity index (χ2n) is 7.43. The van der Waals surface area contributed by atoms with E-state index in [1.165, 1.54) is 57.4 Å². The van der Waals surface area contributed by atoms with Crippen LogP contribution in [0.15, 0.2) is 53.7 Å². The second-order valence-corrected chi connectivity index (χ2v) is 8.78. The third kappa shape index (κ3) is 7.36. The van der Waals surface area contributed by atoms with Crippen molar-refractivity contribution in [3.63, 3.8) is 0 Å². The molecule has 0 saturated heterocycles. The molecular weight excluding hydrogens is 370 g/mol. The van der Waals surface area contributed by atoms with E-state index >= 15 is 0 Å². The van der Waals surface area contributed by atoms with E-state index in [1.807, 2.05) is 24.3 Å². The zero-order valence-electron chi connectivity index (χ0n) is 17.0. The average Bonchev–Trinajstić information content (AvgIpc) is 2.69. The summed E-state index contributed by atoms with van der Waals surface area (Å²) >= 11 is 0. The molecule has 0 fully saturated rings. The molecule has 154 valence electrons. The zero-order chi connectivity index (χ0) is 20.2. The molecular formula is C23H33NO3S. The molecule has 0 bridgehead atoms. The van der Waals surface area contributed by atoms with Gasteiger partial charge in [0.2, 0.25) is 5.69 Å². The lowest BCUT2D eigenvalue weighted by atomic mass is 10.0. The normalized spacial score (nSPS) is 11.6. The van der Waals surface area contributed by atoms with E-state index in [-0.39, 0.29) is 4.90 Å². The third-order valence-electron chi connectivity index (χ3n) is 5.13. The number of para-hydroxylation sites is 1. The van der Waals surface area contributed by atoms with Gasteiger partial charge in [-0.3, -0.25) is 0 Å². The van der Waals surface area contributed by atoms with Gasteiger partial charge in [0.25, 0.3) is 0 Å². The molecule has 0 aliphatic heterocycles. The van der Waals surface area contributed by atoms with Gasteiger partial charge < -0.3 is 4.55 Å². The summed E-state index contributed by atoms with van der Waals surface area (Å²) in [5, 5.41) is 0. The summed E-state index contributed by atoms with van der Waals surface area (Å²) in [5.41, 5.74) is 1.40. The lowest BCUT2D eigenvalue weighted by Gasteiger charge is -2.12. The Morgan fingerprint density at radius 2 is 1.36 bits per heavy atom. The van der Waals surface area contributed by atoms with Crippen LogP contribution in [0.5, 0.6) is 0 Å². The number of hydrogen-bond donors (Lipinski definition) is 0. The number of hydrogen-bond acceptors (Lipinski definition) is 3.